The molecule has 2 amide bonds. The fourth-order valence-electron chi connectivity index (χ4n) is 3.11. The minimum absolute atomic E-state index is 0.189. The van der Waals surface area contributed by atoms with Crippen LogP contribution in [0.1, 0.15) is 27.5 Å². The van der Waals surface area contributed by atoms with E-state index in [-0.39, 0.29) is 17.4 Å². The average molecular weight is 391 g/mol. The second-order valence-electron chi connectivity index (χ2n) is 6.58. The largest absolute Gasteiger partial charge is 0.416 e. The van der Waals surface area contributed by atoms with Gasteiger partial charge in [0.05, 0.1) is 5.56 Å². The molecule has 3 rings (SSSR count). The maximum atomic E-state index is 12.6. The van der Waals surface area contributed by atoms with Crippen LogP contribution in [0.2, 0.25) is 0 Å². The number of piperazine rings is 1. The van der Waals surface area contributed by atoms with Crippen molar-refractivity contribution >= 4 is 11.8 Å². The van der Waals surface area contributed by atoms with Crippen molar-refractivity contribution in [3.63, 3.8) is 0 Å². The molecule has 0 saturated carbocycles. The van der Waals surface area contributed by atoms with Crippen LogP contribution in [0.15, 0.2) is 54.6 Å². The number of alkyl halides is 3. The Hall–Kier alpha value is -2.87. The van der Waals surface area contributed by atoms with E-state index in [0.717, 1.165) is 17.7 Å². The van der Waals surface area contributed by atoms with Crippen molar-refractivity contribution in [2.24, 2.45) is 5.73 Å². The predicted molar refractivity (Wildman–Crippen MR) is 97.3 cm³/mol. The zero-order valence-corrected chi connectivity index (χ0v) is 15.0. The van der Waals surface area contributed by atoms with Gasteiger partial charge in [0.25, 0.3) is 5.91 Å². The highest BCUT2D eigenvalue weighted by Crippen LogP contribution is 2.29. The smallest absolute Gasteiger partial charge is 0.337 e. The average Bonchev–Trinajstić information content (AvgIpc) is 2.72. The number of carbonyl (C=O) groups is 2. The Morgan fingerprint density at radius 1 is 0.857 bits per heavy atom. The van der Waals surface area contributed by atoms with Gasteiger partial charge in [-0.15, -0.1) is 0 Å². The third-order valence-electron chi connectivity index (χ3n) is 4.76. The van der Waals surface area contributed by atoms with Gasteiger partial charge in [-0.3, -0.25) is 9.59 Å². The molecule has 8 heteroatoms. The molecular formula is C20H20F3N3O2. The molecule has 148 valence electrons. The minimum Gasteiger partial charge on any atom is -0.337 e. The van der Waals surface area contributed by atoms with Gasteiger partial charge in [0.1, 0.15) is 6.04 Å². The van der Waals surface area contributed by atoms with Gasteiger partial charge in [-0.25, -0.2) is 0 Å². The van der Waals surface area contributed by atoms with Crippen molar-refractivity contribution in [1.82, 2.24) is 9.80 Å². The molecule has 1 atom stereocenters. The van der Waals surface area contributed by atoms with Crippen LogP contribution in [-0.4, -0.2) is 47.8 Å². The lowest BCUT2D eigenvalue weighted by molar-refractivity contribution is -0.137. The normalized spacial score (nSPS) is 16.0. The van der Waals surface area contributed by atoms with Crippen LogP contribution in [0.5, 0.6) is 0 Å². The summed E-state index contributed by atoms with van der Waals surface area (Å²) in [5, 5.41) is 0. The first-order chi connectivity index (χ1) is 13.3. The highest BCUT2D eigenvalue weighted by Gasteiger charge is 2.31. The van der Waals surface area contributed by atoms with Crippen molar-refractivity contribution < 1.29 is 22.8 Å². The van der Waals surface area contributed by atoms with E-state index in [2.05, 4.69) is 0 Å². The molecule has 0 radical (unpaired) electrons. The molecule has 1 aliphatic heterocycles. The van der Waals surface area contributed by atoms with E-state index < -0.39 is 17.8 Å². The first-order valence-electron chi connectivity index (χ1n) is 8.83. The molecule has 0 aliphatic carbocycles. The highest BCUT2D eigenvalue weighted by molar-refractivity contribution is 5.94. The summed E-state index contributed by atoms with van der Waals surface area (Å²) in [6, 6.07) is 12.4. The molecule has 2 N–H and O–H groups in total. The lowest BCUT2D eigenvalue weighted by Crippen LogP contribution is -2.52. The first kappa shape index (κ1) is 19.9. The van der Waals surface area contributed by atoms with Crippen molar-refractivity contribution in [1.29, 1.82) is 0 Å². The topological polar surface area (TPSA) is 66.6 Å². The Labute approximate surface area is 160 Å². The van der Waals surface area contributed by atoms with Gasteiger partial charge in [-0.1, -0.05) is 30.3 Å². The maximum absolute atomic E-state index is 12.6. The van der Waals surface area contributed by atoms with E-state index in [1.165, 1.54) is 17.0 Å². The zero-order valence-electron chi connectivity index (χ0n) is 15.0. The number of rotatable bonds is 3. The molecule has 0 spiro atoms. The monoisotopic (exact) mass is 391 g/mol. The van der Waals surface area contributed by atoms with Gasteiger partial charge in [0, 0.05) is 31.7 Å². The van der Waals surface area contributed by atoms with E-state index in [1.807, 2.05) is 18.2 Å². The third kappa shape index (κ3) is 4.33. The molecule has 1 heterocycles. The standard InChI is InChI=1S/C20H20F3N3O2/c21-20(22,23)16-8-6-15(7-9-16)18(27)25-10-12-26(13-11-25)19(28)17(24)14-4-2-1-3-5-14/h1-9,17H,10-13,24H2. The van der Waals surface area contributed by atoms with Crippen LogP contribution < -0.4 is 5.73 Å². The summed E-state index contributed by atoms with van der Waals surface area (Å²) in [6.45, 7) is 1.25. The second kappa shape index (κ2) is 8.02. The van der Waals surface area contributed by atoms with Gasteiger partial charge in [-0.2, -0.15) is 13.2 Å². The van der Waals surface area contributed by atoms with E-state index >= 15 is 0 Å². The van der Waals surface area contributed by atoms with Gasteiger partial charge < -0.3 is 15.5 Å². The fraction of sp³-hybridized carbons (Fsp3) is 0.300. The summed E-state index contributed by atoms with van der Waals surface area (Å²) in [4.78, 5) is 28.2. The molecule has 0 aromatic heterocycles. The van der Waals surface area contributed by atoms with Crippen LogP contribution in [0.4, 0.5) is 13.2 Å². The molecule has 1 fully saturated rings. The molecule has 1 aliphatic rings. The fourth-order valence-corrected chi connectivity index (χ4v) is 3.11. The van der Waals surface area contributed by atoms with Crippen LogP contribution >= 0.6 is 0 Å². The quantitative estimate of drug-likeness (QED) is 0.875. The summed E-state index contributed by atoms with van der Waals surface area (Å²) < 4.78 is 37.9. The van der Waals surface area contributed by atoms with E-state index in [1.54, 1.807) is 17.0 Å². The summed E-state index contributed by atoms with van der Waals surface area (Å²) in [7, 11) is 0. The van der Waals surface area contributed by atoms with Gasteiger partial charge in [-0.05, 0) is 29.8 Å². The van der Waals surface area contributed by atoms with Gasteiger partial charge in [0.15, 0.2) is 0 Å². The molecule has 0 bridgehead atoms. The molecule has 1 saturated heterocycles. The second-order valence-corrected chi connectivity index (χ2v) is 6.58. The Morgan fingerprint density at radius 2 is 1.39 bits per heavy atom. The summed E-state index contributed by atoms with van der Waals surface area (Å²) in [5.74, 6) is -0.569. The zero-order chi connectivity index (χ0) is 20.3. The number of hydrogen-bond acceptors (Lipinski definition) is 3. The molecular weight excluding hydrogens is 371 g/mol. The van der Waals surface area contributed by atoms with Gasteiger partial charge in [0.2, 0.25) is 5.91 Å². The Morgan fingerprint density at radius 3 is 1.93 bits per heavy atom. The third-order valence-corrected chi connectivity index (χ3v) is 4.76. The lowest BCUT2D eigenvalue weighted by atomic mass is 10.1. The molecule has 28 heavy (non-hydrogen) atoms. The predicted octanol–water partition coefficient (Wildman–Crippen LogP) is 2.69. The van der Waals surface area contributed by atoms with Crippen molar-refractivity contribution in [2.45, 2.75) is 12.2 Å². The lowest BCUT2D eigenvalue weighted by Gasteiger charge is -2.36. The summed E-state index contributed by atoms with van der Waals surface area (Å²) >= 11 is 0. The molecule has 1 unspecified atom stereocenters. The van der Waals surface area contributed by atoms with E-state index in [0.29, 0.717) is 26.2 Å². The first-order valence-corrected chi connectivity index (χ1v) is 8.83. The van der Waals surface area contributed by atoms with Crippen molar-refractivity contribution in [3.8, 4) is 0 Å². The molecule has 2 aromatic carbocycles. The number of nitrogens with zero attached hydrogens (tertiary/aromatic N) is 2. The van der Waals surface area contributed by atoms with Crippen LogP contribution in [0, 0.1) is 0 Å². The molecule has 5 nitrogen and oxygen atoms in total. The Balaban J connectivity index is 1.59. The SMILES string of the molecule is NC(C(=O)N1CCN(C(=O)c2ccc(C(F)(F)F)cc2)CC1)c1ccccc1. The minimum atomic E-state index is -4.44. The number of benzene rings is 2. The van der Waals surface area contributed by atoms with Crippen molar-refractivity contribution in [2.75, 3.05) is 26.2 Å². The number of hydrogen-bond donors (Lipinski definition) is 1. The van der Waals surface area contributed by atoms with Crippen LogP contribution in [0.3, 0.4) is 0 Å². The summed E-state index contributed by atoms with van der Waals surface area (Å²) in [6.07, 6.45) is -4.44. The maximum Gasteiger partial charge on any atom is 0.416 e. The number of nitrogens with two attached hydrogens (primary N) is 1. The Bertz CT molecular complexity index is 830. The number of amides is 2. The number of carbonyl (C=O) groups excluding carboxylic acids is 2. The van der Waals surface area contributed by atoms with Crippen LogP contribution in [0.25, 0.3) is 0 Å². The Kier molecular flexibility index (Phi) is 5.69. The van der Waals surface area contributed by atoms with Crippen LogP contribution in [-0.2, 0) is 11.0 Å². The number of halogens is 3. The van der Waals surface area contributed by atoms with E-state index in [9.17, 15) is 22.8 Å². The van der Waals surface area contributed by atoms with E-state index in [4.69, 9.17) is 5.73 Å². The molecule has 2 aromatic rings. The highest BCUT2D eigenvalue weighted by atomic mass is 19.4. The van der Waals surface area contributed by atoms with Crippen molar-refractivity contribution in [3.05, 3.63) is 71.3 Å². The van der Waals surface area contributed by atoms with Gasteiger partial charge >= 0.3 is 6.18 Å². The summed E-state index contributed by atoms with van der Waals surface area (Å²) in [5.41, 5.74) is 6.15.